The van der Waals surface area contributed by atoms with E-state index in [-0.39, 0.29) is 11.8 Å². The molecule has 0 unspecified atom stereocenters. The number of nitrogens with zero attached hydrogens (tertiary/aromatic N) is 2. The molecule has 1 aliphatic heterocycles. The Morgan fingerprint density at radius 3 is 2.53 bits per heavy atom. The molecule has 2 aromatic carbocycles. The fourth-order valence-corrected chi connectivity index (χ4v) is 3.78. The molecule has 1 N–H and O–H groups in total. The van der Waals surface area contributed by atoms with Crippen molar-refractivity contribution >= 4 is 23.6 Å². The first-order valence-electron chi connectivity index (χ1n) is 11.2. The molecule has 6 nitrogen and oxygen atoms in total. The van der Waals surface area contributed by atoms with Gasteiger partial charge in [-0.1, -0.05) is 31.2 Å². The van der Waals surface area contributed by atoms with E-state index in [1.54, 1.807) is 18.0 Å². The van der Waals surface area contributed by atoms with Crippen LogP contribution in [0.5, 0.6) is 5.75 Å². The van der Waals surface area contributed by atoms with Gasteiger partial charge in [0.1, 0.15) is 5.75 Å². The lowest BCUT2D eigenvalue weighted by molar-refractivity contribution is -0.142. The van der Waals surface area contributed by atoms with Crippen LogP contribution in [-0.4, -0.2) is 48.6 Å². The van der Waals surface area contributed by atoms with Crippen molar-refractivity contribution in [1.29, 1.82) is 0 Å². The summed E-state index contributed by atoms with van der Waals surface area (Å²) >= 11 is 0. The summed E-state index contributed by atoms with van der Waals surface area (Å²) in [6.45, 7) is 4.74. The summed E-state index contributed by atoms with van der Waals surface area (Å²) in [7, 11) is 1.79. The first-order chi connectivity index (χ1) is 15.5. The van der Waals surface area contributed by atoms with E-state index in [9.17, 15) is 14.7 Å². The summed E-state index contributed by atoms with van der Waals surface area (Å²) in [5.74, 6) is -0.180. The van der Waals surface area contributed by atoms with Gasteiger partial charge in [0.15, 0.2) is 0 Å². The third-order valence-corrected chi connectivity index (χ3v) is 5.69. The molecule has 0 radical (unpaired) electrons. The van der Waals surface area contributed by atoms with Gasteiger partial charge in [0, 0.05) is 38.4 Å². The van der Waals surface area contributed by atoms with Crippen molar-refractivity contribution in [3.63, 3.8) is 0 Å². The second-order valence-electron chi connectivity index (χ2n) is 8.21. The zero-order chi connectivity index (χ0) is 22.9. The molecule has 6 heteroatoms. The van der Waals surface area contributed by atoms with Crippen LogP contribution in [0.3, 0.4) is 0 Å². The number of piperidine rings is 1. The van der Waals surface area contributed by atoms with Crippen molar-refractivity contribution in [3.8, 4) is 5.75 Å². The van der Waals surface area contributed by atoms with Crippen LogP contribution in [0, 0.1) is 5.92 Å². The van der Waals surface area contributed by atoms with E-state index >= 15 is 0 Å². The smallest absolute Gasteiger partial charge is 0.306 e. The average molecular weight is 437 g/mol. The maximum atomic E-state index is 12.6. The molecule has 0 aromatic heterocycles. The predicted molar refractivity (Wildman–Crippen MR) is 127 cm³/mol. The number of anilines is 1. The van der Waals surface area contributed by atoms with Crippen molar-refractivity contribution in [2.24, 2.45) is 5.92 Å². The monoisotopic (exact) mass is 436 g/mol. The zero-order valence-electron chi connectivity index (χ0n) is 18.9. The number of aliphatic carboxylic acids is 1. The maximum absolute atomic E-state index is 12.6. The van der Waals surface area contributed by atoms with Crippen LogP contribution in [0.2, 0.25) is 0 Å². The quantitative estimate of drug-likeness (QED) is 0.588. The van der Waals surface area contributed by atoms with Crippen LogP contribution >= 0.6 is 0 Å². The number of likely N-dealkylation sites (N-methyl/N-ethyl adjacent to an activating group) is 1. The molecule has 1 aliphatic rings. The molecular formula is C26H32N2O4. The van der Waals surface area contributed by atoms with E-state index in [0.29, 0.717) is 26.0 Å². The number of amides is 1. The van der Waals surface area contributed by atoms with E-state index in [1.807, 2.05) is 48.5 Å². The molecule has 2 aromatic rings. The second kappa shape index (κ2) is 11.4. The highest BCUT2D eigenvalue weighted by Crippen LogP contribution is 2.24. The van der Waals surface area contributed by atoms with Gasteiger partial charge in [-0.25, -0.2) is 0 Å². The number of carbonyl (C=O) groups excluding carboxylic acids is 1. The summed E-state index contributed by atoms with van der Waals surface area (Å²) < 4.78 is 5.58. The van der Waals surface area contributed by atoms with E-state index in [4.69, 9.17) is 4.74 Å². The second-order valence-corrected chi connectivity index (χ2v) is 8.21. The fourth-order valence-electron chi connectivity index (χ4n) is 3.78. The Hall–Kier alpha value is -3.28. The van der Waals surface area contributed by atoms with Crippen molar-refractivity contribution in [2.75, 3.05) is 31.6 Å². The lowest BCUT2D eigenvalue weighted by Crippen LogP contribution is -2.36. The lowest BCUT2D eigenvalue weighted by Gasteiger charge is -2.32. The van der Waals surface area contributed by atoms with Gasteiger partial charge in [0.05, 0.1) is 12.5 Å². The Kier molecular flexibility index (Phi) is 8.31. The molecule has 0 atom stereocenters. The standard InChI is InChI=1S/C26H32N2O4/c1-3-17-32-24-10-7-20(8-11-24)9-12-25(29)27(2)19-21-5-4-6-23(18-21)28-15-13-22(14-16-28)26(30)31/h4-12,18,22H,3,13-17,19H2,1-2H3,(H,30,31)/b12-9+. The number of hydrogen-bond donors (Lipinski definition) is 1. The molecule has 170 valence electrons. The molecular weight excluding hydrogens is 404 g/mol. The highest BCUT2D eigenvalue weighted by atomic mass is 16.5. The summed E-state index contributed by atoms with van der Waals surface area (Å²) in [6, 6.07) is 15.8. The van der Waals surface area contributed by atoms with Crippen molar-refractivity contribution in [3.05, 3.63) is 65.7 Å². The first kappa shape index (κ1) is 23.4. The Morgan fingerprint density at radius 2 is 1.88 bits per heavy atom. The van der Waals surface area contributed by atoms with Crippen molar-refractivity contribution < 1.29 is 19.4 Å². The minimum atomic E-state index is -0.702. The van der Waals surface area contributed by atoms with E-state index in [0.717, 1.165) is 42.1 Å². The Bertz CT molecular complexity index is 931. The highest BCUT2D eigenvalue weighted by Gasteiger charge is 2.24. The predicted octanol–water partition coefficient (Wildman–Crippen LogP) is 4.45. The number of ether oxygens (including phenoxy) is 1. The van der Waals surface area contributed by atoms with Crippen LogP contribution in [0.1, 0.15) is 37.3 Å². The SMILES string of the molecule is CCCOc1ccc(/C=C/C(=O)N(C)Cc2cccc(N3CCC(C(=O)O)CC3)c2)cc1. The normalized spacial score (nSPS) is 14.5. The molecule has 3 rings (SSSR count). The molecule has 1 saturated heterocycles. The Morgan fingerprint density at radius 1 is 1.16 bits per heavy atom. The van der Waals surface area contributed by atoms with Crippen molar-refractivity contribution in [2.45, 2.75) is 32.7 Å². The van der Waals surface area contributed by atoms with Gasteiger partial charge in [0.25, 0.3) is 0 Å². The number of carbonyl (C=O) groups is 2. The van der Waals surface area contributed by atoms with Crippen LogP contribution < -0.4 is 9.64 Å². The van der Waals surface area contributed by atoms with Crippen LogP contribution in [0.4, 0.5) is 5.69 Å². The van der Waals surface area contributed by atoms with E-state index in [1.165, 1.54) is 0 Å². The minimum Gasteiger partial charge on any atom is -0.494 e. The van der Waals surface area contributed by atoms with Crippen LogP contribution in [0.25, 0.3) is 6.08 Å². The van der Waals surface area contributed by atoms with Gasteiger partial charge in [-0.15, -0.1) is 0 Å². The van der Waals surface area contributed by atoms with Gasteiger partial charge in [-0.2, -0.15) is 0 Å². The van der Waals surface area contributed by atoms with E-state index < -0.39 is 5.97 Å². The topological polar surface area (TPSA) is 70.1 Å². The summed E-state index contributed by atoms with van der Waals surface area (Å²) in [4.78, 5) is 27.6. The maximum Gasteiger partial charge on any atom is 0.306 e. The molecule has 0 bridgehead atoms. The van der Waals surface area contributed by atoms with Crippen molar-refractivity contribution in [1.82, 2.24) is 4.90 Å². The number of rotatable bonds is 9. The Labute approximate surface area is 190 Å². The average Bonchev–Trinajstić information content (AvgIpc) is 2.82. The third-order valence-electron chi connectivity index (χ3n) is 5.69. The van der Waals surface area contributed by atoms with Crippen LogP contribution in [-0.2, 0) is 16.1 Å². The van der Waals surface area contributed by atoms with Gasteiger partial charge in [0.2, 0.25) is 5.91 Å². The summed E-state index contributed by atoms with van der Waals surface area (Å²) in [6.07, 6.45) is 5.69. The Balaban J connectivity index is 1.54. The number of carboxylic acids is 1. The summed E-state index contributed by atoms with van der Waals surface area (Å²) in [5.41, 5.74) is 3.07. The number of benzene rings is 2. The first-order valence-corrected chi connectivity index (χ1v) is 11.2. The summed E-state index contributed by atoms with van der Waals surface area (Å²) in [5, 5.41) is 9.18. The molecule has 0 aliphatic carbocycles. The molecule has 32 heavy (non-hydrogen) atoms. The number of carboxylic acid groups (broad SMARTS) is 1. The highest BCUT2D eigenvalue weighted by molar-refractivity contribution is 5.91. The fraction of sp³-hybridized carbons (Fsp3) is 0.385. The van der Waals surface area contributed by atoms with Crippen LogP contribution in [0.15, 0.2) is 54.6 Å². The lowest BCUT2D eigenvalue weighted by atomic mass is 9.96. The molecule has 0 saturated carbocycles. The van der Waals surface area contributed by atoms with Gasteiger partial charge < -0.3 is 19.6 Å². The van der Waals surface area contributed by atoms with Gasteiger partial charge >= 0.3 is 5.97 Å². The van der Waals surface area contributed by atoms with E-state index in [2.05, 4.69) is 17.9 Å². The van der Waals surface area contributed by atoms with Gasteiger partial charge in [-0.05, 0) is 60.7 Å². The molecule has 0 spiro atoms. The largest absolute Gasteiger partial charge is 0.494 e. The zero-order valence-corrected chi connectivity index (χ0v) is 18.9. The van der Waals surface area contributed by atoms with Gasteiger partial charge in [-0.3, -0.25) is 9.59 Å². The third kappa shape index (κ3) is 6.61. The number of hydrogen-bond acceptors (Lipinski definition) is 4. The minimum absolute atomic E-state index is 0.0658. The molecule has 1 fully saturated rings. The molecule has 1 heterocycles. The molecule has 1 amide bonds.